The van der Waals surface area contributed by atoms with E-state index in [1.165, 1.54) is 24.1 Å². The lowest BCUT2D eigenvalue weighted by atomic mass is 9.82. The van der Waals surface area contributed by atoms with Gasteiger partial charge in [-0.05, 0) is 48.9 Å². The number of halogens is 3. The molecule has 3 aromatic carbocycles. The molecule has 34 heavy (non-hydrogen) atoms. The van der Waals surface area contributed by atoms with Crippen molar-refractivity contribution in [2.24, 2.45) is 0 Å². The molecule has 3 aromatic rings. The van der Waals surface area contributed by atoms with Crippen LogP contribution in [0.4, 0.5) is 18.9 Å². The lowest BCUT2D eigenvalue weighted by molar-refractivity contribution is -0.137. The van der Waals surface area contributed by atoms with Crippen LogP contribution in [-0.4, -0.2) is 24.5 Å². The number of carbonyl (C=O) groups excluding carboxylic acids is 2. The molecule has 176 valence electrons. The van der Waals surface area contributed by atoms with Crippen LogP contribution in [0.5, 0.6) is 5.75 Å². The number of benzene rings is 3. The number of rotatable bonds is 5. The lowest BCUT2D eigenvalue weighted by Gasteiger charge is -2.44. The van der Waals surface area contributed by atoms with Gasteiger partial charge in [0.1, 0.15) is 11.3 Å². The molecular formula is C26H23F3N2O3. The Morgan fingerprint density at radius 1 is 1.03 bits per heavy atom. The lowest BCUT2D eigenvalue weighted by Crippen LogP contribution is -2.63. The summed E-state index contributed by atoms with van der Waals surface area (Å²) in [5.74, 6) is -0.268. The highest BCUT2D eigenvalue weighted by atomic mass is 19.4. The number of methoxy groups -OCH3 is 1. The first-order chi connectivity index (χ1) is 16.1. The van der Waals surface area contributed by atoms with Crippen LogP contribution in [0.25, 0.3) is 0 Å². The van der Waals surface area contributed by atoms with Gasteiger partial charge >= 0.3 is 6.18 Å². The zero-order valence-electron chi connectivity index (χ0n) is 18.6. The first-order valence-corrected chi connectivity index (χ1v) is 10.6. The normalized spacial score (nSPS) is 17.8. The minimum absolute atomic E-state index is 0.162. The number of fused-ring (bicyclic) bond motifs is 1. The molecule has 2 amide bonds. The highest BCUT2D eigenvalue weighted by molar-refractivity contribution is 6.14. The number of alkyl halides is 3. The summed E-state index contributed by atoms with van der Waals surface area (Å²) in [5.41, 5.74) is -0.118. The molecule has 1 unspecified atom stereocenters. The van der Waals surface area contributed by atoms with Crippen molar-refractivity contribution in [3.8, 4) is 5.75 Å². The molecular weight excluding hydrogens is 445 g/mol. The highest BCUT2D eigenvalue weighted by Gasteiger charge is 2.47. The molecule has 1 N–H and O–H groups in total. The average Bonchev–Trinajstić information content (AvgIpc) is 2.82. The van der Waals surface area contributed by atoms with Gasteiger partial charge in [-0.1, -0.05) is 36.4 Å². The topological polar surface area (TPSA) is 58.6 Å². The number of para-hydroxylation sites is 1. The second-order valence-electron chi connectivity index (χ2n) is 8.29. The van der Waals surface area contributed by atoms with Gasteiger partial charge in [-0.15, -0.1) is 0 Å². The van der Waals surface area contributed by atoms with Crippen molar-refractivity contribution in [3.63, 3.8) is 0 Å². The molecule has 4 rings (SSSR count). The summed E-state index contributed by atoms with van der Waals surface area (Å²) >= 11 is 0. The van der Waals surface area contributed by atoms with E-state index in [-0.39, 0.29) is 18.7 Å². The summed E-state index contributed by atoms with van der Waals surface area (Å²) in [6, 6.07) is 18.4. The van der Waals surface area contributed by atoms with Crippen LogP contribution in [-0.2, 0) is 23.9 Å². The summed E-state index contributed by atoms with van der Waals surface area (Å²) in [7, 11) is 1.53. The predicted octanol–water partition coefficient (Wildman–Crippen LogP) is 4.99. The van der Waals surface area contributed by atoms with Crippen LogP contribution < -0.4 is 15.0 Å². The summed E-state index contributed by atoms with van der Waals surface area (Å²) in [6.45, 7) is 1.78. The number of carbonyl (C=O) groups is 2. The third-order valence-electron chi connectivity index (χ3n) is 6.05. The number of anilines is 1. The zero-order valence-corrected chi connectivity index (χ0v) is 18.6. The van der Waals surface area contributed by atoms with Crippen LogP contribution in [0, 0.1) is 0 Å². The van der Waals surface area contributed by atoms with E-state index in [1.54, 1.807) is 37.3 Å². The van der Waals surface area contributed by atoms with E-state index in [0.29, 0.717) is 16.9 Å². The molecule has 1 aliphatic rings. The number of amides is 2. The molecule has 8 heteroatoms. The fourth-order valence-electron chi connectivity index (χ4n) is 4.28. The first kappa shape index (κ1) is 23.4. The largest absolute Gasteiger partial charge is 0.496 e. The van der Waals surface area contributed by atoms with Gasteiger partial charge in [0, 0.05) is 29.8 Å². The predicted molar refractivity (Wildman–Crippen MR) is 122 cm³/mol. The van der Waals surface area contributed by atoms with Gasteiger partial charge in [0.15, 0.2) is 0 Å². The Morgan fingerprint density at radius 2 is 1.68 bits per heavy atom. The van der Waals surface area contributed by atoms with Crippen LogP contribution in [0.3, 0.4) is 0 Å². The molecule has 0 radical (unpaired) electrons. The fraction of sp³-hybridized carbons (Fsp3) is 0.231. The monoisotopic (exact) mass is 468 g/mol. The van der Waals surface area contributed by atoms with Crippen LogP contribution >= 0.6 is 0 Å². The number of nitrogens with one attached hydrogen (secondary N) is 1. The van der Waals surface area contributed by atoms with Gasteiger partial charge in [0.05, 0.1) is 12.7 Å². The minimum Gasteiger partial charge on any atom is -0.496 e. The van der Waals surface area contributed by atoms with Crippen molar-refractivity contribution in [1.29, 1.82) is 0 Å². The maximum Gasteiger partial charge on any atom is 0.416 e. The zero-order chi connectivity index (χ0) is 24.5. The maximum atomic E-state index is 13.5. The number of hydrogen-bond acceptors (Lipinski definition) is 3. The van der Waals surface area contributed by atoms with Gasteiger partial charge in [0.25, 0.3) is 5.91 Å². The van der Waals surface area contributed by atoms with Crippen molar-refractivity contribution < 1.29 is 27.5 Å². The molecule has 0 aliphatic carbocycles. The Labute approximate surface area is 195 Å². The first-order valence-electron chi connectivity index (χ1n) is 10.6. The molecule has 1 aliphatic heterocycles. The van der Waals surface area contributed by atoms with Crippen molar-refractivity contribution in [2.75, 3.05) is 12.0 Å². The van der Waals surface area contributed by atoms with E-state index in [2.05, 4.69) is 5.32 Å². The Hall–Kier alpha value is -3.81. The van der Waals surface area contributed by atoms with Gasteiger partial charge in [-0.25, -0.2) is 0 Å². The van der Waals surface area contributed by atoms with E-state index in [9.17, 15) is 22.8 Å². The Balaban J connectivity index is 1.71. The molecule has 1 atom stereocenters. The van der Waals surface area contributed by atoms with Gasteiger partial charge in [-0.3, -0.25) is 14.5 Å². The quantitative estimate of drug-likeness (QED) is 0.574. The van der Waals surface area contributed by atoms with Crippen molar-refractivity contribution in [3.05, 3.63) is 95.1 Å². The average molecular weight is 468 g/mol. The fourth-order valence-corrected chi connectivity index (χ4v) is 4.28. The summed E-state index contributed by atoms with van der Waals surface area (Å²) in [6.07, 6.45) is -4.31. The van der Waals surface area contributed by atoms with Gasteiger partial charge in [-0.2, -0.15) is 13.2 Å². The van der Waals surface area contributed by atoms with Crippen LogP contribution in [0.1, 0.15) is 34.0 Å². The van der Waals surface area contributed by atoms with E-state index in [4.69, 9.17) is 4.74 Å². The third kappa shape index (κ3) is 4.23. The van der Waals surface area contributed by atoms with E-state index < -0.39 is 29.1 Å². The molecule has 1 heterocycles. The Bertz CT molecular complexity index is 1220. The van der Waals surface area contributed by atoms with E-state index >= 15 is 0 Å². The van der Waals surface area contributed by atoms with Crippen LogP contribution in [0.2, 0.25) is 0 Å². The van der Waals surface area contributed by atoms with E-state index in [0.717, 1.165) is 17.7 Å². The minimum atomic E-state index is -4.51. The molecule has 0 aromatic heterocycles. The van der Waals surface area contributed by atoms with Gasteiger partial charge in [0.2, 0.25) is 5.91 Å². The standard InChI is InChI=1S/C26H23F3N2O3/c1-25(24(33)30-16-18-8-4-6-10-22(18)34-2)15-17-7-3-5-9-21(17)23(32)31(25)20-13-11-19(12-14-20)26(27,28)29/h3-14H,15-16H2,1-2H3,(H,30,33). The molecule has 0 spiro atoms. The molecule has 5 nitrogen and oxygen atoms in total. The van der Waals surface area contributed by atoms with Crippen molar-refractivity contribution in [1.82, 2.24) is 5.32 Å². The second kappa shape index (κ2) is 8.85. The maximum absolute atomic E-state index is 13.5. The molecule has 0 saturated carbocycles. The number of ether oxygens (including phenoxy) is 1. The van der Waals surface area contributed by atoms with Crippen molar-refractivity contribution in [2.45, 2.75) is 31.6 Å². The van der Waals surface area contributed by atoms with E-state index in [1.807, 2.05) is 18.2 Å². The summed E-state index contributed by atoms with van der Waals surface area (Å²) in [5, 5.41) is 2.88. The van der Waals surface area contributed by atoms with Crippen molar-refractivity contribution >= 4 is 17.5 Å². The Morgan fingerprint density at radius 3 is 2.35 bits per heavy atom. The second-order valence-corrected chi connectivity index (χ2v) is 8.29. The van der Waals surface area contributed by atoms with Crippen LogP contribution in [0.15, 0.2) is 72.8 Å². The Kier molecular flexibility index (Phi) is 6.08. The number of nitrogens with zero attached hydrogens (tertiary/aromatic N) is 1. The summed E-state index contributed by atoms with van der Waals surface area (Å²) in [4.78, 5) is 28.3. The molecule has 0 fully saturated rings. The summed E-state index contributed by atoms with van der Waals surface area (Å²) < 4.78 is 44.6. The third-order valence-corrected chi connectivity index (χ3v) is 6.05. The smallest absolute Gasteiger partial charge is 0.416 e. The molecule has 0 bridgehead atoms. The van der Waals surface area contributed by atoms with Gasteiger partial charge < -0.3 is 10.1 Å². The SMILES string of the molecule is COc1ccccc1CNC(=O)C1(C)Cc2ccccc2C(=O)N1c1ccc(C(F)(F)F)cc1. The molecule has 0 saturated heterocycles. The highest BCUT2D eigenvalue weighted by Crippen LogP contribution is 2.37. The number of hydrogen-bond donors (Lipinski definition) is 1.